The number of thioether (sulfide) groups is 1. The fourth-order valence-electron chi connectivity index (χ4n) is 3.08. The summed E-state index contributed by atoms with van der Waals surface area (Å²) < 4.78 is 3.33. The maximum Gasteiger partial charge on any atom is 0.263 e. The first-order chi connectivity index (χ1) is 14.8. The van der Waals surface area contributed by atoms with Gasteiger partial charge in [-0.2, -0.15) is 0 Å². The topological polar surface area (TPSA) is 94.2 Å². The number of allylic oxidation sites excluding steroid dienone is 1. The molecule has 0 radical (unpaired) electrons. The second-order valence-electron chi connectivity index (χ2n) is 7.96. The summed E-state index contributed by atoms with van der Waals surface area (Å²) in [4.78, 5) is 29.8. The van der Waals surface area contributed by atoms with Gasteiger partial charge in [-0.25, -0.2) is 4.98 Å². The summed E-state index contributed by atoms with van der Waals surface area (Å²) in [7, 11) is 0. The Bertz CT molecular complexity index is 1350. The molecule has 0 aliphatic rings. The Kier molecular flexibility index (Phi) is 5.67. The molecular weight excluding hydrogens is 432 g/mol. The van der Waals surface area contributed by atoms with E-state index in [2.05, 4.69) is 47.8 Å². The Labute approximate surface area is 187 Å². The lowest BCUT2D eigenvalue weighted by molar-refractivity contribution is -0.113. The molecule has 0 aliphatic heterocycles. The minimum Gasteiger partial charge on any atom is -0.301 e. The van der Waals surface area contributed by atoms with Crippen LogP contribution in [-0.4, -0.2) is 35.8 Å². The first kappa shape index (κ1) is 21.3. The molecule has 160 valence electrons. The number of carbonyl (C=O) groups is 1. The third-order valence-electron chi connectivity index (χ3n) is 4.64. The molecule has 4 rings (SSSR count). The molecule has 3 heterocycles. The van der Waals surface area contributed by atoms with Crippen molar-refractivity contribution in [3.63, 3.8) is 0 Å². The zero-order valence-electron chi connectivity index (χ0n) is 17.5. The van der Waals surface area contributed by atoms with Crippen LogP contribution >= 0.6 is 23.1 Å². The Morgan fingerprint density at radius 2 is 2.06 bits per heavy atom. The number of benzene rings is 1. The van der Waals surface area contributed by atoms with Gasteiger partial charge in [0.25, 0.3) is 5.56 Å². The minimum absolute atomic E-state index is 0.0725. The number of hydrogen-bond acceptors (Lipinski definition) is 7. The number of aromatic nitrogens is 5. The molecule has 10 heteroatoms. The number of hydrogen-bond donors (Lipinski definition) is 1. The van der Waals surface area contributed by atoms with E-state index in [-0.39, 0.29) is 22.6 Å². The van der Waals surface area contributed by atoms with Crippen molar-refractivity contribution >= 4 is 50.8 Å². The number of carbonyl (C=O) groups excluding carboxylic acids is 1. The third kappa shape index (κ3) is 4.13. The van der Waals surface area contributed by atoms with Crippen molar-refractivity contribution in [1.29, 1.82) is 0 Å². The van der Waals surface area contributed by atoms with E-state index in [0.717, 1.165) is 5.69 Å². The van der Waals surface area contributed by atoms with Gasteiger partial charge in [-0.15, -0.1) is 28.1 Å². The SMILES string of the molecule is C=CCn1c(=O)c2ccccc2n2c(SCC(=O)Nc3nc(C(C)(C)C)cs3)nnc12. The van der Waals surface area contributed by atoms with E-state index in [1.165, 1.54) is 27.7 Å². The number of anilines is 1. The summed E-state index contributed by atoms with van der Waals surface area (Å²) in [5.74, 6) is 0.377. The average Bonchev–Trinajstić information content (AvgIpc) is 3.37. The van der Waals surface area contributed by atoms with Gasteiger partial charge in [0.2, 0.25) is 11.7 Å². The van der Waals surface area contributed by atoms with Crippen LogP contribution in [0.4, 0.5) is 5.13 Å². The van der Waals surface area contributed by atoms with E-state index in [4.69, 9.17) is 0 Å². The lowest BCUT2D eigenvalue weighted by atomic mass is 9.93. The lowest BCUT2D eigenvalue weighted by Gasteiger charge is -2.14. The van der Waals surface area contributed by atoms with Crippen molar-refractivity contribution in [1.82, 2.24) is 24.1 Å². The molecule has 4 aromatic rings. The lowest BCUT2D eigenvalue weighted by Crippen LogP contribution is -2.22. The molecule has 1 aromatic carbocycles. The van der Waals surface area contributed by atoms with Crippen LogP contribution in [0.25, 0.3) is 16.7 Å². The number of rotatable bonds is 6. The highest BCUT2D eigenvalue weighted by Gasteiger charge is 2.19. The smallest absolute Gasteiger partial charge is 0.263 e. The summed E-state index contributed by atoms with van der Waals surface area (Å²) in [5, 5.41) is 14.9. The van der Waals surface area contributed by atoms with Crippen LogP contribution in [-0.2, 0) is 16.8 Å². The molecule has 0 aliphatic carbocycles. The van der Waals surface area contributed by atoms with Crippen LogP contribution in [0, 0.1) is 0 Å². The number of nitrogens with zero attached hydrogens (tertiary/aromatic N) is 5. The summed E-state index contributed by atoms with van der Waals surface area (Å²) in [6, 6.07) is 7.29. The fraction of sp³-hybridized carbons (Fsp3) is 0.286. The summed E-state index contributed by atoms with van der Waals surface area (Å²) in [6.07, 6.45) is 1.64. The maximum atomic E-state index is 12.8. The first-order valence-corrected chi connectivity index (χ1v) is 11.5. The predicted molar refractivity (Wildman–Crippen MR) is 125 cm³/mol. The molecule has 0 fully saturated rings. The van der Waals surface area contributed by atoms with E-state index < -0.39 is 0 Å². The molecule has 3 aromatic heterocycles. The van der Waals surface area contributed by atoms with Gasteiger partial charge in [0.05, 0.1) is 22.3 Å². The van der Waals surface area contributed by atoms with Crippen LogP contribution in [0.15, 0.2) is 52.3 Å². The molecule has 0 saturated heterocycles. The first-order valence-electron chi connectivity index (χ1n) is 9.66. The Morgan fingerprint density at radius 1 is 1.29 bits per heavy atom. The molecule has 8 nitrogen and oxygen atoms in total. The van der Waals surface area contributed by atoms with Crippen molar-refractivity contribution in [2.45, 2.75) is 37.9 Å². The standard InChI is InChI=1S/C21H22N6O2S2/c1-5-10-26-17(29)13-8-6-7-9-14(13)27-19(26)24-25-20(27)31-12-16(28)23-18-22-15(11-30-18)21(2,3)4/h5-9,11H,1,10,12H2,2-4H3,(H,22,23,28). The van der Waals surface area contributed by atoms with Gasteiger partial charge in [0, 0.05) is 17.3 Å². The third-order valence-corrected chi connectivity index (χ3v) is 6.33. The van der Waals surface area contributed by atoms with Crippen molar-refractivity contribution in [3.8, 4) is 0 Å². The van der Waals surface area contributed by atoms with E-state index >= 15 is 0 Å². The van der Waals surface area contributed by atoms with Crippen molar-refractivity contribution in [2.75, 3.05) is 11.1 Å². The van der Waals surface area contributed by atoms with Crippen LogP contribution < -0.4 is 10.9 Å². The largest absolute Gasteiger partial charge is 0.301 e. The normalized spacial score (nSPS) is 11.8. The average molecular weight is 455 g/mol. The van der Waals surface area contributed by atoms with Crippen LogP contribution in [0.5, 0.6) is 0 Å². The predicted octanol–water partition coefficient (Wildman–Crippen LogP) is 3.72. The zero-order valence-corrected chi connectivity index (χ0v) is 19.1. The molecule has 0 saturated carbocycles. The monoisotopic (exact) mass is 454 g/mol. The van der Waals surface area contributed by atoms with Crippen molar-refractivity contribution in [2.24, 2.45) is 0 Å². The minimum atomic E-state index is -0.180. The molecule has 0 unspecified atom stereocenters. The molecule has 0 bridgehead atoms. The molecule has 31 heavy (non-hydrogen) atoms. The second kappa shape index (κ2) is 8.27. The molecule has 1 amide bonds. The highest BCUT2D eigenvalue weighted by atomic mass is 32.2. The van der Waals surface area contributed by atoms with Gasteiger partial charge in [0.1, 0.15) is 0 Å². The second-order valence-corrected chi connectivity index (χ2v) is 9.76. The van der Waals surface area contributed by atoms with Gasteiger partial charge in [0.15, 0.2) is 10.3 Å². The molecule has 0 spiro atoms. The molecule has 1 N–H and O–H groups in total. The maximum absolute atomic E-state index is 12.8. The number of para-hydroxylation sites is 1. The van der Waals surface area contributed by atoms with Crippen LogP contribution in [0.1, 0.15) is 26.5 Å². The molecular formula is C21H22N6O2S2. The Morgan fingerprint density at radius 3 is 2.77 bits per heavy atom. The van der Waals surface area contributed by atoms with Gasteiger partial charge in [-0.05, 0) is 12.1 Å². The Balaban J connectivity index is 1.61. The fourth-order valence-corrected chi connectivity index (χ4v) is 4.78. The Hall–Kier alpha value is -2.98. The van der Waals surface area contributed by atoms with Crippen LogP contribution in [0.2, 0.25) is 0 Å². The van der Waals surface area contributed by atoms with Gasteiger partial charge >= 0.3 is 0 Å². The van der Waals surface area contributed by atoms with E-state index in [1.807, 2.05) is 23.6 Å². The van der Waals surface area contributed by atoms with Crippen molar-refractivity contribution in [3.05, 3.63) is 58.3 Å². The number of nitrogens with one attached hydrogen (secondary N) is 1. The van der Waals surface area contributed by atoms with E-state index in [1.54, 1.807) is 16.5 Å². The highest BCUT2D eigenvalue weighted by Crippen LogP contribution is 2.27. The molecule has 0 atom stereocenters. The van der Waals surface area contributed by atoms with E-state index in [9.17, 15) is 9.59 Å². The van der Waals surface area contributed by atoms with Crippen LogP contribution in [0.3, 0.4) is 0 Å². The van der Waals surface area contributed by atoms with E-state index in [0.29, 0.717) is 33.5 Å². The van der Waals surface area contributed by atoms with Crippen molar-refractivity contribution < 1.29 is 4.79 Å². The quantitative estimate of drug-likeness (QED) is 0.353. The number of amides is 1. The number of fused-ring (bicyclic) bond motifs is 3. The number of thiazole rings is 1. The summed E-state index contributed by atoms with van der Waals surface area (Å²) in [6.45, 7) is 10.3. The zero-order chi connectivity index (χ0) is 22.2. The summed E-state index contributed by atoms with van der Waals surface area (Å²) >= 11 is 2.67. The highest BCUT2D eigenvalue weighted by molar-refractivity contribution is 7.99. The van der Waals surface area contributed by atoms with Gasteiger partial charge < -0.3 is 5.32 Å². The van der Waals surface area contributed by atoms with Gasteiger partial charge in [-0.3, -0.25) is 18.6 Å². The van der Waals surface area contributed by atoms with Gasteiger partial charge in [-0.1, -0.05) is 50.7 Å². The summed E-state index contributed by atoms with van der Waals surface area (Å²) in [5.41, 5.74) is 1.42.